The second-order valence-electron chi connectivity index (χ2n) is 4.61. The number of nitrogens with one attached hydrogen (secondary N) is 2. The monoisotopic (exact) mass is 245 g/mol. The Hall–Kier alpha value is -1.14. The van der Waals surface area contributed by atoms with Gasteiger partial charge in [0.05, 0.1) is 12.6 Å². The number of urea groups is 1. The van der Waals surface area contributed by atoms with Gasteiger partial charge in [-0.1, -0.05) is 0 Å². The summed E-state index contributed by atoms with van der Waals surface area (Å²) in [7, 11) is 1.73. The first-order chi connectivity index (χ1) is 7.76. The molecule has 0 rings (SSSR count). The average Bonchev–Trinajstić information content (AvgIpc) is 2.27. The van der Waals surface area contributed by atoms with E-state index in [-0.39, 0.29) is 12.5 Å². The van der Waals surface area contributed by atoms with Crippen molar-refractivity contribution < 1.29 is 14.7 Å². The van der Waals surface area contributed by atoms with E-state index >= 15 is 0 Å². The van der Waals surface area contributed by atoms with E-state index in [0.29, 0.717) is 6.54 Å². The van der Waals surface area contributed by atoms with Crippen LogP contribution in [0.25, 0.3) is 0 Å². The third-order valence-electron chi connectivity index (χ3n) is 2.88. The molecule has 0 bridgehead atoms. The molecule has 0 fully saturated rings. The fraction of sp³-hybridized carbons (Fsp3) is 0.818. The zero-order chi connectivity index (χ0) is 13.6. The van der Waals surface area contributed by atoms with Crippen LogP contribution in [0.15, 0.2) is 0 Å². The molecule has 0 aromatic carbocycles. The standard InChI is InChI=1S/C11H23N3O3/c1-6-12-10(17)13-9(16)8(2)14(5)11(3,4)7-15/h8,15H,6-7H2,1-5H3,(H2,12,13,16,17). The molecule has 0 saturated carbocycles. The molecular formula is C11H23N3O3. The summed E-state index contributed by atoms with van der Waals surface area (Å²) in [5.74, 6) is -0.389. The molecule has 17 heavy (non-hydrogen) atoms. The van der Waals surface area contributed by atoms with Crippen molar-refractivity contribution in [1.29, 1.82) is 0 Å². The molecule has 100 valence electrons. The highest BCUT2D eigenvalue weighted by atomic mass is 16.3. The molecule has 0 aliphatic carbocycles. The minimum absolute atomic E-state index is 0.0672. The maximum absolute atomic E-state index is 11.7. The van der Waals surface area contributed by atoms with Gasteiger partial charge in [-0.3, -0.25) is 15.0 Å². The van der Waals surface area contributed by atoms with Crippen LogP contribution < -0.4 is 10.6 Å². The van der Waals surface area contributed by atoms with Crippen molar-refractivity contribution in [3.05, 3.63) is 0 Å². The number of aliphatic hydroxyl groups is 1. The lowest BCUT2D eigenvalue weighted by Gasteiger charge is -2.37. The molecule has 3 N–H and O–H groups in total. The van der Waals surface area contributed by atoms with Crippen LogP contribution in [0.4, 0.5) is 4.79 Å². The van der Waals surface area contributed by atoms with Gasteiger partial charge in [-0.25, -0.2) is 4.79 Å². The summed E-state index contributed by atoms with van der Waals surface area (Å²) in [6.45, 7) is 7.50. The highest BCUT2D eigenvalue weighted by Crippen LogP contribution is 2.14. The Morgan fingerprint density at radius 1 is 1.41 bits per heavy atom. The van der Waals surface area contributed by atoms with Gasteiger partial charge in [-0.2, -0.15) is 0 Å². The van der Waals surface area contributed by atoms with Crippen molar-refractivity contribution in [2.24, 2.45) is 0 Å². The first-order valence-corrected chi connectivity index (χ1v) is 5.68. The smallest absolute Gasteiger partial charge is 0.321 e. The van der Waals surface area contributed by atoms with E-state index in [1.165, 1.54) is 0 Å². The van der Waals surface area contributed by atoms with E-state index in [1.807, 2.05) is 13.8 Å². The lowest BCUT2D eigenvalue weighted by Crippen LogP contribution is -2.55. The number of likely N-dealkylation sites (N-methyl/N-ethyl adjacent to an activating group) is 1. The van der Waals surface area contributed by atoms with Gasteiger partial charge in [0.25, 0.3) is 0 Å². The number of carbonyl (C=O) groups excluding carboxylic acids is 2. The Kier molecular flexibility index (Phi) is 6.12. The van der Waals surface area contributed by atoms with Crippen LogP contribution in [-0.4, -0.2) is 53.7 Å². The summed E-state index contributed by atoms with van der Waals surface area (Å²) < 4.78 is 0. The van der Waals surface area contributed by atoms with Crippen LogP contribution in [0.5, 0.6) is 0 Å². The Balaban J connectivity index is 4.45. The maximum Gasteiger partial charge on any atom is 0.321 e. The van der Waals surface area contributed by atoms with Gasteiger partial charge >= 0.3 is 6.03 Å². The Morgan fingerprint density at radius 3 is 2.35 bits per heavy atom. The Morgan fingerprint density at radius 2 is 1.94 bits per heavy atom. The van der Waals surface area contributed by atoms with Crippen LogP contribution in [0.2, 0.25) is 0 Å². The summed E-state index contributed by atoms with van der Waals surface area (Å²) in [4.78, 5) is 24.6. The number of nitrogens with zero attached hydrogens (tertiary/aromatic N) is 1. The first-order valence-electron chi connectivity index (χ1n) is 5.68. The molecule has 0 aliphatic heterocycles. The van der Waals surface area contributed by atoms with Gasteiger partial charge in [-0.05, 0) is 34.7 Å². The van der Waals surface area contributed by atoms with E-state index in [9.17, 15) is 14.7 Å². The number of carbonyl (C=O) groups is 2. The first kappa shape index (κ1) is 15.9. The fourth-order valence-electron chi connectivity index (χ4n) is 1.23. The van der Waals surface area contributed by atoms with Gasteiger partial charge in [0, 0.05) is 12.1 Å². The topological polar surface area (TPSA) is 81.7 Å². The van der Waals surface area contributed by atoms with Crippen molar-refractivity contribution in [2.75, 3.05) is 20.2 Å². The summed E-state index contributed by atoms with van der Waals surface area (Å²) in [6.07, 6.45) is 0. The third kappa shape index (κ3) is 4.70. The average molecular weight is 245 g/mol. The zero-order valence-electron chi connectivity index (χ0n) is 11.2. The van der Waals surface area contributed by atoms with E-state index in [0.717, 1.165) is 0 Å². The quantitative estimate of drug-likeness (QED) is 0.633. The lowest BCUT2D eigenvalue weighted by molar-refractivity contribution is -0.126. The fourth-order valence-corrected chi connectivity index (χ4v) is 1.23. The van der Waals surface area contributed by atoms with E-state index in [4.69, 9.17) is 0 Å². The molecule has 6 nitrogen and oxygen atoms in total. The maximum atomic E-state index is 11.7. The summed E-state index contributed by atoms with van der Waals surface area (Å²) in [6, 6.07) is -1.00. The molecular weight excluding hydrogens is 222 g/mol. The molecule has 0 heterocycles. The molecule has 0 spiro atoms. The van der Waals surface area contributed by atoms with Crippen molar-refractivity contribution >= 4 is 11.9 Å². The van der Waals surface area contributed by atoms with E-state index in [2.05, 4.69) is 10.6 Å². The summed E-state index contributed by atoms with van der Waals surface area (Å²) in [5, 5.41) is 13.9. The molecule has 0 aromatic rings. The highest BCUT2D eigenvalue weighted by Gasteiger charge is 2.30. The third-order valence-corrected chi connectivity index (χ3v) is 2.88. The number of aliphatic hydroxyl groups excluding tert-OH is 1. The van der Waals surface area contributed by atoms with E-state index < -0.39 is 17.6 Å². The van der Waals surface area contributed by atoms with Gasteiger partial charge in [-0.15, -0.1) is 0 Å². The molecule has 3 amide bonds. The molecule has 0 aliphatic rings. The van der Waals surface area contributed by atoms with Gasteiger partial charge < -0.3 is 10.4 Å². The second kappa shape index (κ2) is 6.56. The van der Waals surface area contributed by atoms with Crippen LogP contribution >= 0.6 is 0 Å². The van der Waals surface area contributed by atoms with Crippen LogP contribution in [-0.2, 0) is 4.79 Å². The van der Waals surface area contributed by atoms with Crippen molar-refractivity contribution in [2.45, 2.75) is 39.3 Å². The van der Waals surface area contributed by atoms with Crippen LogP contribution in [0, 0.1) is 0 Å². The summed E-state index contributed by atoms with van der Waals surface area (Å²) in [5.41, 5.74) is -0.516. The normalized spacial score (nSPS) is 13.4. The SMILES string of the molecule is CCNC(=O)NC(=O)C(C)N(C)C(C)(C)CO. The predicted octanol–water partition coefficient (Wildman–Crippen LogP) is -0.0767. The van der Waals surface area contributed by atoms with Gasteiger partial charge in [0.2, 0.25) is 5.91 Å². The molecule has 0 aromatic heterocycles. The predicted molar refractivity (Wildman–Crippen MR) is 65.6 cm³/mol. The molecule has 0 saturated heterocycles. The minimum atomic E-state index is -0.516. The number of amides is 3. The van der Waals surface area contributed by atoms with Crippen molar-refractivity contribution in [1.82, 2.24) is 15.5 Å². The van der Waals surface area contributed by atoms with Gasteiger partial charge in [0.1, 0.15) is 0 Å². The number of rotatable bonds is 5. The minimum Gasteiger partial charge on any atom is -0.394 e. The number of imide groups is 1. The van der Waals surface area contributed by atoms with Crippen LogP contribution in [0.1, 0.15) is 27.7 Å². The molecule has 1 atom stereocenters. The lowest BCUT2D eigenvalue weighted by atomic mass is 10.0. The zero-order valence-corrected chi connectivity index (χ0v) is 11.2. The largest absolute Gasteiger partial charge is 0.394 e. The van der Waals surface area contributed by atoms with Crippen molar-refractivity contribution in [3.63, 3.8) is 0 Å². The van der Waals surface area contributed by atoms with E-state index in [1.54, 1.807) is 25.8 Å². The molecule has 1 unspecified atom stereocenters. The Bertz CT molecular complexity index is 279. The van der Waals surface area contributed by atoms with Gasteiger partial charge in [0.15, 0.2) is 0 Å². The molecule has 6 heteroatoms. The molecule has 0 radical (unpaired) electrons. The van der Waals surface area contributed by atoms with Crippen molar-refractivity contribution in [3.8, 4) is 0 Å². The second-order valence-corrected chi connectivity index (χ2v) is 4.61. The Labute approximate surface area is 102 Å². The summed E-state index contributed by atoms with van der Waals surface area (Å²) >= 11 is 0. The number of hydrogen-bond donors (Lipinski definition) is 3. The highest BCUT2D eigenvalue weighted by molar-refractivity contribution is 5.96. The number of hydrogen-bond acceptors (Lipinski definition) is 4. The van der Waals surface area contributed by atoms with Crippen LogP contribution in [0.3, 0.4) is 0 Å².